The van der Waals surface area contributed by atoms with Gasteiger partial charge in [-0.25, -0.2) is 4.99 Å². The largest absolute Gasteiger partial charge is 0.504 e. The van der Waals surface area contributed by atoms with Gasteiger partial charge in [-0.3, -0.25) is 0 Å². The van der Waals surface area contributed by atoms with Crippen LogP contribution >= 0.6 is 24.0 Å². The smallest absolute Gasteiger partial charge is 0.193 e. The summed E-state index contributed by atoms with van der Waals surface area (Å²) in [5, 5.41) is 13.0. The Morgan fingerprint density at radius 2 is 1.91 bits per heavy atom. The number of aliphatic imine (C=N–C) groups is 1. The highest BCUT2D eigenvalue weighted by molar-refractivity contribution is 14.0. The van der Waals surface area contributed by atoms with E-state index in [2.05, 4.69) is 10.3 Å². The van der Waals surface area contributed by atoms with Crippen molar-refractivity contribution in [3.63, 3.8) is 0 Å². The summed E-state index contributed by atoms with van der Waals surface area (Å²) in [5.74, 6) is 1.45. The molecule has 0 unspecified atom stereocenters. The molecule has 0 saturated carbocycles. The van der Waals surface area contributed by atoms with Gasteiger partial charge in [-0.05, 0) is 18.2 Å². The van der Waals surface area contributed by atoms with Gasteiger partial charge in [0.1, 0.15) is 5.75 Å². The summed E-state index contributed by atoms with van der Waals surface area (Å²) in [7, 11) is 3.10. The Bertz CT molecular complexity index is 677. The predicted molar refractivity (Wildman–Crippen MR) is 102 cm³/mol. The van der Waals surface area contributed by atoms with Crippen molar-refractivity contribution in [3.8, 4) is 17.2 Å². The molecule has 0 radical (unpaired) electrons. The maximum absolute atomic E-state index is 9.99. The molecule has 4 N–H and O–H groups in total. The van der Waals surface area contributed by atoms with E-state index in [1.165, 1.54) is 7.11 Å². The molecule has 0 amide bonds. The highest BCUT2D eigenvalue weighted by atomic mass is 127. The number of nitrogens with zero attached hydrogens (tertiary/aromatic N) is 1. The third kappa shape index (κ3) is 5.20. The molecule has 0 aromatic heterocycles. The molecule has 2 aromatic carbocycles. The SMILES string of the molecule is COc1cccc(NC(N)=NCc2cccc(OC)c2O)c1.I. The molecule has 0 atom stereocenters. The topological polar surface area (TPSA) is 89.1 Å². The number of hydrogen-bond acceptors (Lipinski definition) is 4. The molecule has 0 fully saturated rings. The second-order valence-corrected chi connectivity index (χ2v) is 4.53. The van der Waals surface area contributed by atoms with Crippen molar-refractivity contribution in [1.29, 1.82) is 0 Å². The lowest BCUT2D eigenvalue weighted by Crippen LogP contribution is -2.22. The molecule has 0 spiro atoms. The van der Waals surface area contributed by atoms with Gasteiger partial charge in [0, 0.05) is 17.3 Å². The number of phenolic OH excluding ortho intramolecular Hbond substituents is 1. The van der Waals surface area contributed by atoms with Crippen LogP contribution in [0.4, 0.5) is 5.69 Å². The first-order valence-corrected chi connectivity index (χ1v) is 6.70. The summed E-state index contributed by atoms with van der Waals surface area (Å²) < 4.78 is 10.2. The maximum atomic E-state index is 9.99. The number of benzene rings is 2. The molecule has 0 bridgehead atoms. The lowest BCUT2D eigenvalue weighted by atomic mass is 10.2. The molecule has 0 heterocycles. The molecule has 7 heteroatoms. The average molecular weight is 429 g/mol. The van der Waals surface area contributed by atoms with Crippen LogP contribution in [-0.4, -0.2) is 25.3 Å². The molecule has 0 aliphatic rings. The highest BCUT2D eigenvalue weighted by Gasteiger charge is 2.06. The minimum atomic E-state index is 0. The quantitative estimate of drug-likeness (QED) is 0.387. The fraction of sp³-hybridized carbons (Fsp3) is 0.188. The number of phenols is 1. The average Bonchev–Trinajstić information content (AvgIpc) is 2.54. The van der Waals surface area contributed by atoms with Crippen molar-refractivity contribution in [2.24, 2.45) is 10.7 Å². The van der Waals surface area contributed by atoms with Crippen LogP contribution in [0.2, 0.25) is 0 Å². The van der Waals surface area contributed by atoms with E-state index in [9.17, 15) is 5.11 Å². The van der Waals surface area contributed by atoms with Gasteiger partial charge in [0.15, 0.2) is 17.5 Å². The Labute approximate surface area is 152 Å². The van der Waals surface area contributed by atoms with Gasteiger partial charge in [0.25, 0.3) is 0 Å². The Morgan fingerprint density at radius 1 is 1.17 bits per heavy atom. The van der Waals surface area contributed by atoms with Gasteiger partial charge >= 0.3 is 0 Å². The number of guanidine groups is 1. The first-order valence-electron chi connectivity index (χ1n) is 6.70. The second kappa shape index (κ2) is 9.09. The summed E-state index contributed by atoms with van der Waals surface area (Å²) >= 11 is 0. The maximum Gasteiger partial charge on any atom is 0.193 e. The number of aromatic hydroxyl groups is 1. The van der Waals surface area contributed by atoms with Crippen LogP contribution in [0.3, 0.4) is 0 Å². The number of hydrogen-bond donors (Lipinski definition) is 3. The van der Waals surface area contributed by atoms with Crippen LogP contribution in [0.1, 0.15) is 5.56 Å². The zero-order valence-corrected chi connectivity index (χ0v) is 15.3. The van der Waals surface area contributed by atoms with Crippen molar-refractivity contribution >= 4 is 35.6 Å². The van der Waals surface area contributed by atoms with Crippen LogP contribution < -0.4 is 20.5 Å². The van der Waals surface area contributed by atoms with Crippen LogP contribution in [-0.2, 0) is 6.54 Å². The van der Waals surface area contributed by atoms with Crippen LogP contribution in [0.15, 0.2) is 47.5 Å². The van der Waals surface area contributed by atoms with Gasteiger partial charge in [0.05, 0.1) is 20.8 Å². The van der Waals surface area contributed by atoms with E-state index in [-0.39, 0.29) is 42.2 Å². The molecule has 0 saturated heterocycles. The molecule has 0 aliphatic carbocycles. The second-order valence-electron chi connectivity index (χ2n) is 4.53. The fourth-order valence-corrected chi connectivity index (χ4v) is 1.92. The Morgan fingerprint density at radius 3 is 2.61 bits per heavy atom. The van der Waals surface area contributed by atoms with Gasteiger partial charge in [0.2, 0.25) is 0 Å². The molecule has 0 aliphatic heterocycles. The van der Waals surface area contributed by atoms with E-state index in [1.54, 1.807) is 25.3 Å². The first kappa shape index (κ1) is 18.9. The first-order chi connectivity index (χ1) is 10.6. The molecular formula is C16H20IN3O3. The number of nitrogens with one attached hydrogen (secondary N) is 1. The third-order valence-corrected chi connectivity index (χ3v) is 3.06. The van der Waals surface area contributed by atoms with Crippen molar-refractivity contribution < 1.29 is 14.6 Å². The summed E-state index contributed by atoms with van der Waals surface area (Å²) in [6, 6.07) is 12.6. The number of ether oxygens (including phenoxy) is 2. The van der Waals surface area contributed by atoms with Crippen LogP contribution in [0.5, 0.6) is 17.2 Å². The lowest BCUT2D eigenvalue weighted by Gasteiger charge is -2.09. The zero-order valence-electron chi connectivity index (χ0n) is 12.9. The number of rotatable bonds is 5. The van der Waals surface area contributed by atoms with Gasteiger partial charge in [-0.1, -0.05) is 18.2 Å². The highest BCUT2D eigenvalue weighted by Crippen LogP contribution is 2.29. The molecule has 6 nitrogen and oxygen atoms in total. The summed E-state index contributed by atoms with van der Waals surface area (Å²) in [6.07, 6.45) is 0. The Balaban J connectivity index is 0.00000264. The Hall–Kier alpha value is -2.16. The van der Waals surface area contributed by atoms with E-state index in [1.807, 2.05) is 24.3 Å². The number of halogens is 1. The summed E-state index contributed by atoms with van der Waals surface area (Å²) in [5.41, 5.74) is 7.26. The van der Waals surface area contributed by atoms with E-state index < -0.39 is 0 Å². The Kier molecular flexibility index (Phi) is 7.46. The number of methoxy groups -OCH3 is 2. The minimum Gasteiger partial charge on any atom is -0.504 e. The summed E-state index contributed by atoms with van der Waals surface area (Å²) in [6.45, 7) is 0.242. The van der Waals surface area contributed by atoms with Gasteiger partial charge in [-0.15, -0.1) is 24.0 Å². The van der Waals surface area contributed by atoms with E-state index in [4.69, 9.17) is 15.2 Å². The van der Waals surface area contributed by atoms with Crippen molar-refractivity contribution in [3.05, 3.63) is 48.0 Å². The molecular weight excluding hydrogens is 409 g/mol. The van der Waals surface area contributed by atoms with Gasteiger partial charge < -0.3 is 25.6 Å². The van der Waals surface area contributed by atoms with Crippen LogP contribution in [0, 0.1) is 0 Å². The van der Waals surface area contributed by atoms with E-state index in [0.717, 1.165) is 11.4 Å². The fourth-order valence-electron chi connectivity index (χ4n) is 1.92. The number of para-hydroxylation sites is 1. The molecule has 2 rings (SSSR count). The molecule has 2 aromatic rings. The normalized spacial score (nSPS) is 10.6. The number of anilines is 1. The number of nitrogens with two attached hydrogens (primary N) is 1. The predicted octanol–water partition coefficient (Wildman–Crippen LogP) is 2.95. The standard InChI is InChI=1S/C16H19N3O3.HI/c1-21-13-7-4-6-12(9-13)19-16(17)18-10-11-5-3-8-14(22-2)15(11)20;/h3-9,20H,10H2,1-2H3,(H3,17,18,19);1H. The van der Waals surface area contributed by atoms with E-state index in [0.29, 0.717) is 11.3 Å². The van der Waals surface area contributed by atoms with Crippen molar-refractivity contribution in [1.82, 2.24) is 0 Å². The van der Waals surface area contributed by atoms with E-state index >= 15 is 0 Å². The lowest BCUT2D eigenvalue weighted by molar-refractivity contribution is 0.370. The van der Waals surface area contributed by atoms with Crippen LogP contribution in [0.25, 0.3) is 0 Å². The van der Waals surface area contributed by atoms with Crippen molar-refractivity contribution in [2.45, 2.75) is 6.54 Å². The monoisotopic (exact) mass is 429 g/mol. The van der Waals surface area contributed by atoms with Gasteiger partial charge in [-0.2, -0.15) is 0 Å². The zero-order chi connectivity index (χ0) is 15.9. The third-order valence-electron chi connectivity index (χ3n) is 3.06. The minimum absolute atomic E-state index is 0. The van der Waals surface area contributed by atoms with Crippen molar-refractivity contribution in [2.75, 3.05) is 19.5 Å². The molecule has 124 valence electrons. The summed E-state index contributed by atoms with van der Waals surface area (Å²) in [4.78, 5) is 4.21. The molecule has 23 heavy (non-hydrogen) atoms.